The summed E-state index contributed by atoms with van der Waals surface area (Å²) in [6.45, 7) is 3.87. The first-order chi connectivity index (χ1) is 10.3. The maximum atomic E-state index is 4.50. The molecule has 2 aromatic heterocycles. The molecule has 1 aromatic carbocycles. The van der Waals surface area contributed by atoms with Crippen molar-refractivity contribution in [2.45, 2.75) is 26.4 Å². The molecule has 0 amide bonds. The van der Waals surface area contributed by atoms with Crippen LogP contribution in [0.3, 0.4) is 0 Å². The maximum absolute atomic E-state index is 4.50. The van der Waals surface area contributed by atoms with Crippen LogP contribution in [0.25, 0.3) is 10.9 Å². The predicted molar refractivity (Wildman–Crippen MR) is 89.3 cm³/mol. The maximum Gasteiger partial charge on any atom is 0.0934 e. The highest BCUT2D eigenvalue weighted by Gasteiger charge is 2.04. The van der Waals surface area contributed by atoms with E-state index >= 15 is 0 Å². The van der Waals surface area contributed by atoms with E-state index in [9.17, 15) is 0 Å². The Morgan fingerprint density at radius 1 is 1.29 bits per heavy atom. The predicted octanol–water partition coefficient (Wildman–Crippen LogP) is 4.22. The van der Waals surface area contributed by atoms with Gasteiger partial charge in [0.2, 0.25) is 0 Å². The number of anilines is 1. The average Bonchev–Trinajstić information content (AvgIpc) is 2.93. The molecule has 0 aliphatic heterocycles. The summed E-state index contributed by atoms with van der Waals surface area (Å²) in [5.41, 5.74) is 3.21. The van der Waals surface area contributed by atoms with Gasteiger partial charge in [0.25, 0.3) is 0 Å². The number of halogens is 1. The summed E-state index contributed by atoms with van der Waals surface area (Å²) >= 11 is 3.46. The smallest absolute Gasteiger partial charge is 0.0934 e. The van der Waals surface area contributed by atoms with Crippen molar-refractivity contribution in [2.24, 2.45) is 0 Å². The zero-order valence-electron chi connectivity index (χ0n) is 11.9. The van der Waals surface area contributed by atoms with Crippen LogP contribution in [-0.4, -0.2) is 14.8 Å². The molecule has 0 atom stereocenters. The second kappa shape index (κ2) is 6.26. The van der Waals surface area contributed by atoms with Gasteiger partial charge in [-0.3, -0.25) is 9.67 Å². The molecule has 2 heterocycles. The van der Waals surface area contributed by atoms with Gasteiger partial charge in [0.15, 0.2) is 0 Å². The average molecular weight is 345 g/mol. The van der Waals surface area contributed by atoms with Gasteiger partial charge in [-0.2, -0.15) is 5.10 Å². The van der Waals surface area contributed by atoms with E-state index in [1.807, 2.05) is 23.1 Å². The van der Waals surface area contributed by atoms with Crippen LogP contribution in [0.1, 0.15) is 18.9 Å². The van der Waals surface area contributed by atoms with E-state index in [1.54, 1.807) is 0 Å². The number of benzene rings is 1. The van der Waals surface area contributed by atoms with Crippen molar-refractivity contribution >= 4 is 32.5 Å². The first kappa shape index (κ1) is 14.1. The monoisotopic (exact) mass is 344 g/mol. The van der Waals surface area contributed by atoms with Gasteiger partial charge in [-0.1, -0.05) is 19.1 Å². The molecule has 0 aliphatic rings. The van der Waals surface area contributed by atoms with Crippen LogP contribution in [0.15, 0.2) is 47.3 Å². The number of rotatable bonds is 5. The molecule has 5 heteroatoms. The summed E-state index contributed by atoms with van der Waals surface area (Å²) in [5, 5.41) is 8.92. The molecule has 0 saturated carbocycles. The molecule has 0 saturated heterocycles. The van der Waals surface area contributed by atoms with Crippen LogP contribution in [-0.2, 0) is 13.1 Å². The highest BCUT2D eigenvalue weighted by molar-refractivity contribution is 9.10. The molecule has 0 bridgehead atoms. The van der Waals surface area contributed by atoms with Gasteiger partial charge in [0, 0.05) is 40.9 Å². The van der Waals surface area contributed by atoms with Crippen LogP contribution < -0.4 is 5.32 Å². The van der Waals surface area contributed by atoms with Crippen molar-refractivity contribution < 1.29 is 0 Å². The van der Waals surface area contributed by atoms with Gasteiger partial charge in [0.1, 0.15) is 0 Å². The molecule has 0 fully saturated rings. The molecule has 0 spiro atoms. The van der Waals surface area contributed by atoms with Crippen LogP contribution in [0.5, 0.6) is 0 Å². The number of aromatic nitrogens is 3. The van der Waals surface area contributed by atoms with E-state index < -0.39 is 0 Å². The van der Waals surface area contributed by atoms with Gasteiger partial charge in [-0.15, -0.1) is 0 Å². The standard InChI is InChI=1S/C16H17BrN4/c1-2-6-21-11-12(9-20-21)8-18-15-5-3-4-13-7-14(17)10-19-16(13)15/h3-5,7,9-11,18H,2,6,8H2,1H3. The lowest BCUT2D eigenvalue weighted by Gasteiger charge is -2.08. The summed E-state index contributed by atoms with van der Waals surface area (Å²) in [4.78, 5) is 4.50. The lowest BCUT2D eigenvalue weighted by Crippen LogP contribution is -2.00. The molecule has 21 heavy (non-hydrogen) atoms. The Morgan fingerprint density at radius 2 is 2.19 bits per heavy atom. The highest BCUT2D eigenvalue weighted by Crippen LogP contribution is 2.24. The quantitative estimate of drug-likeness (QED) is 0.753. The summed E-state index contributed by atoms with van der Waals surface area (Å²) in [6.07, 6.45) is 6.92. The lowest BCUT2D eigenvalue weighted by molar-refractivity contribution is 0.602. The second-order valence-corrected chi connectivity index (χ2v) is 5.91. The van der Waals surface area contributed by atoms with Gasteiger partial charge < -0.3 is 5.32 Å². The molecule has 0 radical (unpaired) electrons. The van der Waals surface area contributed by atoms with Crippen molar-refractivity contribution in [3.05, 3.63) is 52.9 Å². The Bertz CT molecular complexity index is 751. The first-order valence-electron chi connectivity index (χ1n) is 7.06. The highest BCUT2D eigenvalue weighted by atomic mass is 79.9. The fraction of sp³-hybridized carbons (Fsp3) is 0.250. The van der Waals surface area contributed by atoms with Crippen molar-refractivity contribution in [1.29, 1.82) is 0 Å². The Morgan fingerprint density at radius 3 is 3.05 bits per heavy atom. The first-order valence-corrected chi connectivity index (χ1v) is 7.85. The van der Waals surface area contributed by atoms with Crippen LogP contribution in [0, 0.1) is 0 Å². The van der Waals surface area contributed by atoms with E-state index in [0.717, 1.165) is 40.6 Å². The minimum Gasteiger partial charge on any atom is -0.379 e. The molecule has 0 unspecified atom stereocenters. The largest absolute Gasteiger partial charge is 0.379 e. The topological polar surface area (TPSA) is 42.7 Å². The van der Waals surface area contributed by atoms with Crippen LogP contribution in [0.2, 0.25) is 0 Å². The minimum absolute atomic E-state index is 0.751. The molecule has 3 aromatic rings. The van der Waals surface area contributed by atoms with Crippen molar-refractivity contribution in [1.82, 2.24) is 14.8 Å². The number of nitrogens with zero attached hydrogens (tertiary/aromatic N) is 3. The third kappa shape index (κ3) is 3.24. The number of hydrogen-bond donors (Lipinski definition) is 1. The summed E-state index contributed by atoms with van der Waals surface area (Å²) in [6, 6.07) is 8.24. The van der Waals surface area contributed by atoms with Gasteiger partial charge in [-0.25, -0.2) is 0 Å². The van der Waals surface area contributed by atoms with E-state index in [0.29, 0.717) is 0 Å². The second-order valence-electron chi connectivity index (χ2n) is 5.00. The van der Waals surface area contributed by atoms with Crippen molar-refractivity contribution in [2.75, 3.05) is 5.32 Å². The van der Waals surface area contributed by atoms with E-state index in [1.165, 1.54) is 5.56 Å². The Hall–Kier alpha value is -1.88. The zero-order valence-corrected chi connectivity index (χ0v) is 13.5. The number of hydrogen-bond acceptors (Lipinski definition) is 3. The Labute approximate surface area is 132 Å². The molecule has 1 N–H and O–H groups in total. The van der Waals surface area contributed by atoms with E-state index in [4.69, 9.17) is 0 Å². The van der Waals surface area contributed by atoms with Gasteiger partial charge in [-0.05, 0) is 34.5 Å². The van der Waals surface area contributed by atoms with Gasteiger partial charge in [0.05, 0.1) is 17.4 Å². The molecule has 3 rings (SSSR count). The summed E-state index contributed by atoms with van der Waals surface area (Å²) < 4.78 is 2.98. The fourth-order valence-electron chi connectivity index (χ4n) is 2.32. The lowest BCUT2D eigenvalue weighted by atomic mass is 10.2. The zero-order chi connectivity index (χ0) is 14.7. The molecule has 4 nitrogen and oxygen atoms in total. The normalized spacial score (nSPS) is 11.0. The number of pyridine rings is 1. The van der Waals surface area contributed by atoms with Crippen molar-refractivity contribution in [3.63, 3.8) is 0 Å². The number of nitrogens with one attached hydrogen (secondary N) is 1. The molecule has 108 valence electrons. The van der Waals surface area contributed by atoms with E-state index in [-0.39, 0.29) is 0 Å². The van der Waals surface area contributed by atoms with Crippen LogP contribution in [0.4, 0.5) is 5.69 Å². The minimum atomic E-state index is 0.751. The van der Waals surface area contributed by atoms with Gasteiger partial charge >= 0.3 is 0 Å². The molecular weight excluding hydrogens is 328 g/mol. The van der Waals surface area contributed by atoms with Crippen molar-refractivity contribution in [3.8, 4) is 0 Å². The summed E-state index contributed by atoms with van der Waals surface area (Å²) in [5.74, 6) is 0. The summed E-state index contributed by atoms with van der Waals surface area (Å²) in [7, 11) is 0. The van der Waals surface area contributed by atoms with Crippen LogP contribution >= 0.6 is 15.9 Å². The Kier molecular flexibility index (Phi) is 4.20. The fourth-order valence-corrected chi connectivity index (χ4v) is 2.67. The number of aryl methyl sites for hydroxylation is 1. The Balaban J connectivity index is 1.78. The third-order valence-electron chi connectivity index (χ3n) is 3.30. The molecular formula is C16H17BrN4. The third-order valence-corrected chi connectivity index (χ3v) is 3.73. The SMILES string of the molecule is CCCn1cc(CNc2cccc3cc(Br)cnc23)cn1. The number of fused-ring (bicyclic) bond motifs is 1. The number of para-hydroxylation sites is 1. The molecule has 0 aliphatic carbocycles. The van der Waals surface area contributed by atoms with E-state index in [2.05, 4.69) is 62.6 Å².